The zero-order valence-corrected chi connectivity index (χ0v) is 11.0. The van der Waals surface area contributed by atoms with Crippen LogP contribution in [0.2, 0.25) is 0 Å². The fourth-order valence-corrected chi connectivity index (χ4v) is 1.26. The molecule has 0 aliphatic rings. The predicted octanol–water partition coefficient (Wildman–Crippen LogP) is -0.254. The number of carbonyl (C=O) groups is 2. The molecule has 2 atom stereocenters. The Morgan fingerprint density at radius 3 is 2.39 bits per heavy atom. The minimum atomic E-state index is -0.964. The second-order valence-corrected chi connectivity index (χ2v) is 4.07. The third-order valence-electron chi connectivity index (χ3n) is 2.71. The van der Waals surface area contributed by atoms with Crippen LogP contribution in [0.1, 0.15) is 13.8 Å². The van der Waals surface area contributed by atoms with Gasteiger partial charge in [0.15, 0.2) is 0 Å². The van der Waals surface area contributed by atoms with Gasteiger partial charge in [0.2, 0.25) is 0 Å². The van der Waals surface area contributed by atoms with Crippen molar-refractivity contribution in [3.05, 3.63) is 0 Å². The molecule has 3 N–H and O–H groups in total. The zero-order chi connectivity index (χ0) is 14.1. The van der Waals surface area contributed by atoms with E-state index in [2.05, 4.69) is 5.32 Å². The summed E-state index contributed by atoms with van der Waals surface area (Å²) in [6.07, 6.45) is 0. The quantitative estimate of drug-likeness (QED) is 0.560. The summed E-state index contributed by atoms with van der Waals surface area (Å²) in [5, 5.41) is 20.3. The summed E-state index contributed by atoms with van der Waals surface area (Å²) in [6, 6.07) is -0.888. The van der Waals surface area contributed by atoms with E-state index >= 15 is 0 Å². The Morgan fingerprint density at radius 2 is 1.94 bits per heavy atom. The molecule has 0 heterocycles. The van der Waals surface area contributed by atoms with Crippen LogP contribution >= 0.6 is 0 Å². The van der Waals surface area contributed by atoms with Crippen LogP contribution in [-0.2, 0) is 9.53 Å². The number of methoxy groups -OCH3 is 1. The molecule has 7 nitrogen and oxygen atoms in total. The van der Waals surface area contributed by atoms with E-state index in [4.69, 9.17) is 14.9 Å². The lowest BCUT2D eigenvalue weighted by Gasteiger charge is -2.25. The molecule has 0 spiro atoms. The van der Waals surface area contributed by atoms with Gasteiger partial charge in [-0.3, -0.25) is 4.79 Å². The largest absolute Gasteiger partial charge is 0.481 e. The van der Waals surface area contributed by atoms with Crippen molar-refractivity contribution < 1.29 is 24.5 Å². The van der Waals surface area contributed by atoms with Crippen LogP contribution < -0.4 is 5.32 Å². The number of ether oxygens (including phenoxy) is 1. The van der Waals surface area contributed by atoms with E-state index in [9.17, 15) is 9.59 Å². The number of rotatable bonds is 8. The Labute approximate surface area is 107 Å². The fourth-order valence-electron chi connectivity index (χ4n) is 1.26. The minimum Gasteiger partial charge on any atom is -0.481 e. The summed E-state index contributed by atoms with van der Waals surface area (Å²) < 4.78 is 4.86. The predicted molar refractivity (Wildman–Crippen MR) is 65.3 cm³/mol. The van der Waals surface area contributed by atoms with Crippen LogP contribution in [0.3, 0.4) is 0 Å². The number of nitrogens with zero attached hydrogens (tertiary/aromatic N) is 1. The molecule has 0 fully saturated rings. The van der Waals surface area contributed by atoms with Crippen LogP contribution in [0.5, 0.6) is 0 Å². The molecule has 2 unspecified atom stereocenters. The number of urea groups is 1. The van der Waals surface area contributed by atoms with Crippen LogP contribution in [0.15, 0.2) is 0 Å². The van der Waals surface area contributed by atoms with Gasteiger partial charge in [-0.25, -0.2) is 4.79 Å². The first-order valence-corrected chi connectivity index (χ1v) is 5.82. The zero-order valence-electron chi connectivity index (χ0n) is 11.0. The van der Waals surface area contributed by atoms with Gasteiger partial charge in [-0.05, 0) is 13.8 Å². The van der Waals surface area contributed by atoms with Crippen molar-refractivity contribution >= 4 is 12.0 Å². The Kier molecular flexibility index (Phi) is 8.06. The van der Waals surface area contributed by atoms with Crippen molar-refractivity contribution in [2.75, 3.05) is 33.4 Å². The number of nitrogens with one attached hydrogen (secondary N) is 1. The summed E-state index contributed by atoms with van der Waals surface area (Å²) in [5.74, 6) is -1.64. The van der Waals surface area contributed by atoms with Gasteiger partial charge in [0.05, 0.1) is 19.1 Å². The number of aliphatic hydroxyl groups excluding tert-OH is 1. The summed E-state index contributed by atoms with van der Waals surface area (Å²) in [6.45, 7) is 3.89. The van der Waals surface area contributed by atoms with E-state index in [0.717, 1.165) is 0 Å². The maximum Gasteiger partial charge on any atom is 0.317 e. The molecule has 106 valence electrons. The molecule has 0 aliphatic carbocycles. The number of carboxylic acids is 1. The first kappa shape index (κ1) is 16.7. The van der Waals surface area contributed by atoms with Crippen molar-refractivity contribution in [3.8, 4) is 0 Å². The number of carbonyl (C=O) groups excluding carboxylic acids is 1. The maximum absolute atomic E-state index is 11.8. The van der Waals surface area contributed by atoms with Crippen LogP contribution in [0, 0.1) is 5.92 Å². The van der Waals surface area contributed by atoms with Gasteiger partial charge in [-0.2, -0.15) is 0 Å². The van der Waals surface area contributed by atoms with E-state index in [1.807, 2.05) is 0 Å². The van der Waals surface area contributed by atoms with Gasteiger partial charge in [0.1, 0.15) is 0 Å². The van der Waals surface area contributed by atoms with E-state index in [1.54, 1.807) is 6.92 Å². The van der Waals surface area contributed by atoms with E-state index < -0.39 is 24.0 Å². The first-order chi connectivity index (χ1) is 8.43. The summed E-state index contributed by atoms with van der Waals surface area (Å²) in [5.41, 5.74) is 0. The second-order valence-electron chi connectivity index (χ2n) is 4.07. The lowest BCUT2D eigenvalue weighted by Crippen LogP contribution is -2.48. The first-order valence-electron chi connectivity index (χ1n) is 5.82. The number of aliphatic carboxylic acids is 1. The van der Waals surface area contributed by atoms with Gasteiger partial charge in [0, 0.05) is 26.2 Å². The van der Waals surface area contributed by atoms with Crippen LogP contribution in [-0.4, -0.2) is 66.6 Å². The molecule has 0 aliphatic heterocycles. The number of carboxylic acid groups (broad SMARTS) is 1. The minimum absolute atomic E-state index is 0.153. The molecular formula is C11H22N2O5. The highest BCUT2D eigenvalue weighted by atomic mass is 16.5. The molecule has 7 heteroatoms. The number of aliphatic hydroxyl groups is 1. The van der Waals surface area contributed by atoms with Crippen molar-refractivity contribution in [2.45, 2.75) is 19.9 Å². The molecule has 0 radical (unpaired) electrons. The highest BCUT2D eigenvalue weighted by Gasteiger charge is 2.23. The molecule has 0 saturated carbocycles. The average Bonchev–Trinajstić information content (AvgIpc) is 2.32. The highest BCUT2D eigenvalue weighted by Crippen LogP contribution is 2.03. The number of hydrogen-bond donors (Lipinski definition) is 3. The standard InChI is InChI=1S/C11H22N2O5/c1-8(10(15)16)9(2)12-11(17)13(4-6-14)5-7-18-3/h8-9,14H,4-7H2,1-3H3,(H,12,17)(H,15,16). The van der Waals surface area contributed by atoms with Crippen LogP contribution in [0.25, 0.3) is 0 Å². The van der Waals surface area contributed by atoms with E-state index in [-0.39, 0.29) is 13.2 Å². The van der Waals surface area contributed by atoms with Gasteiger partial charge < -0.3 is 25.2 Å². The lowest BCUT2D eigenvalue weighted by molar-refractivity contribution is -0.141. The molecular weight excluding hydrogens is 240 g/mol. The summed E-state index contributed by atoms with van der Waals surface area (Å²) in [7, 11) is 1.52. The number of hydrogen-bond acceptors (Lipinski definition) is 4. The normalized spacial score (nSPS) is 13.8. The van der Waals surface area contributed by atoms with E-state index in [0.29, 0.717) is 13.2 Å². The molecule has 18 heavy (non-hydrogen) atoms. The molecule has 0 bridgehead atoms. The Hall–Kier alpha value is -1.34. The molecule has 0 aromatic heterocycles. The molecule has 2 amide bonds. The Morgan fingerprint density at radius 1 is 1.33 bits per heavy atom. The summed E-state index contributed by atoms with van der Waals surface area (Å²) in [4.78, 5) is 24.0. The average molecular weight is 262 g/mol. The number of amides is 2. The van der Waals surface area contributed by atoms with Gasteiger partial charge in [-0.15, -0.1) is 0 Å². The Balaban J connectivity index is 4.35. The second kappa shape index (κ2) is 8.71. The maximum atomic E-state index is 11.8. The van der Waals surface area contributed by atoms with E-state index in [1.165, 1.54) is 18.9 Å². The topological polar surface area (TPSA) is 99.1 Å². The van der Waals surface area contributed by atoms with Crippen molar-refractivity contribution in [3.63, 3.8) is 0 Å². The smallest absolute Gasteiger partial charge is 0.317 e. The molecule has 0 rings (SSSR count). The SMILES string of the molecule is COCCN(CCO)C(=O)NC(C)C(C)C(=O)O. The Bertz CT molecular complexity index is 272. The summed E-state index contributed by atoms with van der Waals surface area (Å²) >= 11 is 0. The molecule has 0 saturated heterocycles. The lowest BCUT2D eigenvalue weighted by atomic mass is 10.0. The van der Waals surface area contributed by atoms with Crippen molar-refractivity contribution in [1.29, 1.82) is 0 Å². The fraction of sp³-hybridized carbons (Fsp3) is 0.818. The highest BCUT2D eigenvalue weighted by molar-refractivity contribution is 5.76. The van der Waals surface area contributed by atoms with Gasteiger partial charge in [0.25, 0.3) is 0 Å². The van der Waals surface area contributed by atoms with Crippen LogP contribution in [0.4, 0.5) is 4.79 Å². The van der Waals surface area contributed by atoms with Gasteiger partial charge in [-0.1, -0.05) is 0 Å². The molecule has 0 aromatic carbocycles. The van der Waals surface area contributed by atoms with Gasteiger partial charge >= 0.3 is 12.0 Å². The van der Waals surface area contributed by atoms with Crippen molar-refractivity contribution in [1.82, 2.24) is 10.2 Å². The third-order valence-corrected chi connectivity index (χ3v) is 2.71. The molecule has 0 aromatic rings. The van der Waals surface area contributed by atoms with Crippen molar-refractivity contribution in [2.24, 2.45) is 5.92 Å². The monoisotopic (exact) mass is 262 g/mol. The third kappa shape index (κ3) is 5.83.